The zero-order valence-electron chi connectivity index (χ0n) is 13.3. The molecule has 0 heterocycles. The van der Waals surface area contributed by atoms with E-state index in [1.165, 1.54) is 6.07 Å². The summed E-state index contributed by atoms with van der Waals surface area (Å²) in [6, 6.07) is 21.7. The van der Waals surface area contributed by atoms with Crippen molar-refractivity contribution in [3.8, 4) is 23.0 Å². The maximum absolute atomic E-state index is 9.93. The number of rotatable bonds is 5. The average molecular weight is 321 g/mol. The van der Waals surface area contributed by atoms with Crippen molar-refractivity contribution < 1.29 is 14.9 Å². The van der Waals surface area contributed by atoms with Gasteiger partial charge in [0.2, 0.25) is 0 Å². The monoisotopic (exact) mass is 321 g/mol. The molecule has 3 aromatic rings. The molecule has 3 rings (SSSR count). The molecule has 0 aliphatic heterocycles. The highest BCUT2D eigenvalue weighted by Gasteiger charge is 2.11. The highest BCUT2D eigenvalue weighted by atomic mass is 16.5. The van der Waals surface area contributed by atoms with Gasteiger partial charge in [0.1, 0.15) is 23.0 Å². The number of para-hydroxylation sites is 1. The van der Waals surface area contributed by atoms with Crippen LogP contribution in [-0.2, 0) is 0 Å². The van der Waals surface area contributed by atoms with E-state index in [-0.39, 0.29) is 17.5 Å². The van der Waals surface area contributed by atoms with E-state index in [2.05, 4.69) is 5.32 Å². The van der Waals surface area contributed by atoms with Gasteiger partial charge in [-0.05, 0) is 55.5 Å². The fourth-order valence-electron chi connectivity index (χ4n) is 2.47. The topological polar surface area (TPSA) is 61.7 Å². The van der Waals surface area contributed by atoms with E-state index in [1.54, 1.807) is 12.1 Å². The molecule has 4 nitrogen and oxygen atoms in total. The smallest absolute Gasteiger partial charge is 0.127 e. The molecule has 24 heavy (non-hydrogen) atoms. The van der Waals surface area contributed by atoms with Gasteiger partial charge < -0.3 is 20.3 Å². The SMILES string of the molecule is CC(Nc1ccc(Oc2ccccc2)cc1)c1ccc(O)cc1O. The summed E-state index contributed by atoms with van der Waals surface area (Å²) in [6.45, 7) is 1.94. The molecule has 3 aromatic carbocycles. The van der Waals surface area contributed by atoms with Crippen LogP contribution < -0.4 is 10.1 Å². The van der Waals surface area contributed by atoms with E-state index in [0.29, 0.717) is 0 Å². The molecule has 0 spiro atoms. The summed E-state index contributed by atoms with van der Waals surface area (Å²) in [5.74, 6) is 1.66. The summed E-state index contributed by atoms with van der Waals surface area (Å²) < 4.78 is 5.76. The Hall–Kier alpha value is -3.14. The van der Waals surface area contributed by atoms with Gasteiger partial charge in [0.05, 0.1) is 6.04 Å². The number of anilines is 1. The van der Waals surface area contributed by atoms with Crippen molar-refractivity contribution in [3.63, 3.8) is 0 Å². The number of phenols is 2. The Morgan fingerprint density at radius 1 is 0.833 bits per heavy atom. The second-order valence-electron chi connectivity index (χ2n) is 5.55. The van der Waals surface area contributed by atoms with Crippen LogP contribution in [0.4, 0.5) is 5.69 Å². The molecule has 1 atom stereocenters. The van der Waals surface area contributed by atoms with Gasteiger partial charge in [-0.2, -0.15) is 0 Å². The Morgan fingerprint density at radius 3 is 2.17 bits per heavy atom. The first kappa shape index (κ1) is 15.7. The Bertz CT molecular complexity index is 801. The van der Waals surface area contributed by atoms with Crippen LogP contribution in [-0.4, -0.2) is 10.2 Å². The minimum atomic E-state index is -0.105. The fourth-order valence-corrected chi connectivity index (χ4v) is 2.47. The molecule has 3 N–H and O–H groups in total. The Morgan fingerprint density at radius 2 is 1.50 bits per heavy atom. The molecule has 4 heteroatoms. The summed E-state index contributed by atoms with van der Waals surface area (Å²) >= 11 is 0. The lowest BCUT2D eigenvalue weighted by Crippen LogP contribution is -2.06. The molecule has 0 aliphatic rings. The van der Waals surface area contributed by atoms with Crippen molar-refractivity contribution in [1.29, 1.82) is 0 Å². The molecule has 0 saturated heterocycles. The van der Waals surface area contributed by atoms with E-state index in [9.17, 15) is 10.2 Å². The van der Waals surface area contributed by atoms with Crippen LogP contribution in [0.25, 0.3) is 0 Å². The van der Waals surface area contributed by atoms with Gasteiger partial charge in [-0.25, -0.2) is 0 Å². The lowest BCUT2D eigenvalue weighted by Gasteiger charge is -2.17. The van der Waals surface area contributed by atoms with E-state index in [0.717, 1.165) is 22.7 Å². The summed E-state index contributed by atoms with van der Waals surface area (Å²) in [4.78, 5) is 0. The third-order valence-electron chi connectivity index (χ3n) is 3.70. The first-order chi connectivity index (χ1) is 11.6. The Kier molecular flexibility index (Phi) is 4.57. The molecule has 0 amide bonds. The molecule has 1 unspecified atom stereocenters. The number of nitrogens with one attached hydrogen (secondary N) is 1. The van der Waals surface area contributed by atoms with Gasteiger partial charge in [-0.1, -0.05) is 18.2 Å². The molecule has 0 aromatic heterocycles. The summed E-state index contributed by atoms with van der Waals surface area (Å²) in [7, 11) is 0. The number of hydrogen-bond acceptors (Lipinski definition) is 4. The van der Waals surface area contributed by atoms with E-state index in [4.69, 9.17) is 4.74 Å². The normalized spacial score (nSPS) is 11.7. The molecule has 0 aliphatic carbocycles. The van der Waals surface area contributed by atoms with Crippen LogP contribution >= 0.6 is 0 Å². The number of ether oxygens (including phenoxy) is 1. The molecular weight excluding hydrogens is 302 g/mol. The highest BCUT2D eigenvalue weighted by molar-refractivity contribution is 5.51. The van der Waals surface area contributed by atoms with E-state index >= 15 is 0 Å². The number of benzene rings is 3. The third-order valence-corrected chi connectivity index (χ3v) is 3.70. The summed E-state index contributed by atoms with van der Waals surface area (Å²) in [5.41, 5.74) is 1.63. The van der Waals surface area contributed by atoms with Crippen LogP contribution in [0.1, 0.15) is 18.5 Å². The van der Waals surface area contributed by atoms with Crippen molar-refractivity contribution in [3.05, 3.63) is 78.4 Å². The van der Waals surface area contributed by atoms with Crippen molar-refractivity contribution in [2.45, 2.75) is 13.0 Å². The number of aromatic hydroxyl groups is 2. The predicted octanol–water partition coefficient (Wildman–Crippen LogP) is 5.06. The van der Waals surface area contributed by atoms with Crippen molar-refractivity contribution >= 4 is 5.69 Å². The largest absolute Gasteiger partial charge is 0.508 e. The zero-order valence-corrected chi connectivity index (χ0v) is 13.3. The second kappa shape index (κ2) is 6.96. The van der Waals surface area contributed by atoms with Crippen molar-refractivity contribution in [2.24, 2.45) is 0 Å². The molecule has 0 radical (unpaired) electrons. The van der Waals surface area contributed by atoms with Crippen LogP contribution in [0.2, 0.25) is 0 Å². The maximum Gasteiger partial charge on any atom is 0.127 e. The quantitative estimate of drug-likeness (QED) is 0.614. The molecule has 0 bridgehead atoms. The molecular formula is C20H19NO3. The van der Waals surface area contributed by atoms with Gasteiger partial charge in [-0.3, -0.25) is 0 Å². The van der Waals surface area contributed by atoms with E-state index < -0.39 is 0 Å². The van der Waals surface area contributed by atoms with Crippen LogP contribution in [0.15, 0.2) is 72.8 Å². The standard InChI is InChI=1S/C20H19NO3/c1-14(19-12-9-16(22)13-20(19)23)21-15-7-10-18(11-8-15)24-17-5-3-2-4-6-17/h2-14,21-23H,1H3. The summed E-state index contributed by atoms with van der Waals surface area (Å²) in [5, 5.41) is 22.6. The average Bonchev–Trinajstić information content (AvgIpc) is 2.57. The molecule has 122 valence electrons. The zero-order chi connectivity index (χ0) is 16.9. The molecule has 0 fully saturated rings. The van der Waals surface area contributed by atoms with Crippen LogP contribution in [0, 0.1) is 0 Å². The highest BCUT2D eigenvalue weighted by Crippen LogP contribution is 2.30. The first-order valence-electron chi connectivity index (χ1n) is 7.73. The lowest BCUT2D eigenvalue weighted by atomic mass is 10.1. The first-order valence-corrected chi connectivity index (χ1v) is 7.73. The third kappa shape index (κ3) is 3.79. The predicted molar refractivity (Wildman–Crippen MR) is 94.8 cm³/mol. The van der Waals surface area contributed by atoms with Crippen LogP contribution in [0.5, 0.6) is 23.0 Å². The van der Waals surface area contributed by atoms with Crippen molar-refractivity contribution in [2.75, 3.05) is 5.32 Å². The van der Waals surface area contributed by atoms with Gasteiger partial charge in [-0.15, -0.1) is 0 Å². The van der Waals surface area contributed by atoms with Gasteiger partial charge in [0, 0.05) is 17.3 Å². The van der Waals surface area contributed by atoms with Gasteiger partial charge in [0.25, 0.3) is 0 Å². The number of hydrogen-bond donors (Lipinski definition) is 3. The lowest BCUT2D eigenvalue weighted by molar-refractivity contribution is 0.444. The second-order valence-corrected chi connectivity index (χ2v) is 5.55. The fraction of sp³-hybridized carbons (Fsp3) is 0.100. The van der Waals surface area contributed by atoms with Crippen molar-refractivity contribution in [1.82, 2.24) is 0 Å². The minimum absolute atomic E-state index is 0.0471. The Labute approximate surface area is 141 Å². The summed E-state index contributed by atoms with van der Waals surface area (Å²) in [6.07, 6.45) is 0. The van der Waals surface area contributed by atoms with E-state index in [1.807, 2.05) is 61.5 Å². The molecule has 0 saturated carbocycles. The minimum Gasteiger partial charge on any atom is -0.508 e. The Balaban J connectivity index is 1.67. The van der Waals surface area contributed by atoms with Crippen LogP contribution in [0.3, 0.4) is 0 Å². The van der Waals surface area contributed by atoms with Gasteiger partial charge >= 0.3 is 0 Å². The maximum atomic E-state index is 9.93. The van der Waals surface area contributed by atoms with Gasteiger partial charge in [0.15, 0.2) is 0 Å². The number of phenolic OH excluding ortho intramolecular Hbond substituents is 2.